The number of carbonyl (C=O) groups excluding carboxylic acids is 1. The molecule has 0 unspecified atom stereocenters. The maximum atomic E-state index is 12.6. The molecule has 0 spiro atoms. The standard InChI is InChI=1S/C19H19F2NO3S2/c20-19(21)26-17-7-2-1-6-16(17)22-18(23)10-11-27(24,25)15-9-8-13-4-3-5-14(13)12-15/h1-2,6-9,12,19H,3-5,10-11H2,(H,22,23). The van der Waals surface area contributed by atoms with Crippen molar-refractivity contribution in [1.82, 2.24) is 0 Å². The van der Waals surface area contributed by atoms with E-state index in [4.69, 9.17) is 0 Å². The van der Waals surface area contributed by atoms with E-state index in [-0.39, 0.29) is 27.7 Å². The van der Waals surface area contributed by atoms with Crippen LogP contribution in [0.25, 0.3) is 0 Å². The number of aryl methyl sites for hydroxylation is 2. The average Bonchev–Trinajstić information content (AvgIpc) is 3.09. The van der Waals surface area contributed by atoms with Crippen LogP contribution >= 0.6 is 11.8 Å². The fraction of sp³-hybridized carbons (Fsp3) is 0.316. The van der Waals surface area contributed by atoms with Crippen LogP contribution in [0.2, 0.25) is 0 Å². The van der Waals surface area contributed by atoms with Crippen LogP contribution in [0.1, 0.15) is 24.0 Å². The Hall–Kier alpha value is -1.93. The van der Waals surface area contributed by atoms with Gasteiger partial charge in [-0.15, -0.1) is 0 Å². The minimum Gasteiger partial charge on any atom is -0.325 e. The normalized spacial score (nSPS) is 13.6. The summed E-state index contributed by atoms with van der Waals surface area (Å²) >= 11 is 0.333. The van der Waals surface area contributed by atoms with Gasteiger partial charge in [0.1, 0.15) is 0 Å². The zero-order chi connectivity index (χ0) is 19.4. The van der Waals surface area contributed by atoms with E-state index in [1.54, 1.807) is 24.3 Å². The van der Waals surface area contributed by atoms with Crippen LogP contribution in [0.15, 0.2) is 52.3 Å². The van der Waals surface area contributed by atoms with Gasteiger partial charge in [0.25, 0.3) is 5.76 Å². The third-order valence-electron chi connectivity index (χ3n) is 4.40. The Bertz CT molecular complexity index is 946. The molecule has 4 nitrogen and oxygen atoms in total. The Balaban J connectivity index is 1.64. The highest BCUT2D eigenvalue weighted by Crippen LogP contribution is 2.31. The fourth-order valence-corrected chi connectivity index (χ4v) is 4.95. The van der Waals surface area contributed by atoms with Crippen molar-refractivity contribution in [3.63, 3.8) is 0 Å². The van der Waals surface area contributed by atoms with E-state index >= 15 is 0 Å². The predicted octanol–water partition coefficient (Wildman–Crippen LogP) is 4.29. The van der Waals surface area contributed by atoms with Crippen LogP contribution in [0.4, 0.5) is 14.5 Å². The van der Waals surface area contributed by atoms with E-state index in [9.17, 15) is 22.0 Å². The molecule has 1 aliphatic carbocycles. The molecule has 0 bridgehead atoms. The second-order valence-corrected chi connectivity index (χ2v) is 9.42. The molecule has 0 heterocycles. The van der Waals surface area contributed by atoms with Crippen LogP contribution in [0.3, 0.4) is 0 Å². The van der Waals surface area contributed by atoms with Gasteiger partial charge in [0, 0.05) is 11.3 Å². The first-order valence-corrected chi connectivity index (χ1v) is 11.1. The molecule has 2 aromatic carbocycles. The van der Waals surface area contributed by atoms with Gasteiger partial charge >= 0.3 is 0 Å². The van der Waals surface area contributed by atoms with Crippen LogP contribution in [0, 0.1) is 0 Å². The number of fused-ring (bicyclic) bond motifs is 1. The second kappa shape index (κ2) is 8.39. The SMILES string of the molecule is O=C(CCS(=O)(=O)c1ccc2c(c1)CCC2)Nc1ccccc1SC(F)F. The van der Waals surface area contributed by atoms with Crippen molar-refractivity contribution in [1.29, 1.82) is 0 Å². The number of alkyl halides is 2. The summed E-state index contributed by atoms with van der Waals surface area (Å²) in [7, 11) is -3.58. The lowest BCUT2D eigenvalue weighted by Gasteiger charge is -2.11. The molecule has 0 aromatic heterocycles. The number of rotatable bonds is 7. The smallest absolute Gasteiger partial charge is 0.288 e. The number of anilines is 1. The Morgan fingerprint density at radius 3 is 2.63 bits per heavy atom. The molecule has 0 radical (unpaired) electrons. The average molecular weight is 411 g/mol. The fourth-order valence-electron chi connectivity index (χ4n) is 3.07. The molecule has 1 N–H and O–H groups in total. The van der Waals surface area contributed by atoms with Gasteiger partial charge in [0.2, 0.25) is 5.91 Å². The second-order valence-electron chi connectivity index (χ2n) is 6.28. The van der Waals surface area contributed by atoms with Crippen molar-refractivity contribution >= 4 is 33.2 Å². The molecule has 1 aliphatic rings. The molecular weight excluding hydrogens is 392 g/mol. The Kier molecular flexibility index (Phi) is 6.16. The topological polar surface area (TPSA) is 63.2 Å². The van der Waals surface area contributed by atoms with Gasteiger partial charge < -0.3 is 5.32 Å². The lowest BCUT2D eigenvalue weighted by Crippen LogP contribution is -2.18. The lowest BCUT2D eigenvalue weighted by molar-refractivity contribution is -0.115. The minimum atomic E-state index is -3.58. The van der Waals surface area contributed by atoms with E-state index in [1.807, 2.05) is 6.07 Å². The molecule has 0 fully saturated rings. The highest BCUT2D eigenvalue weighted by Gasteiger charge is 2.20. The summed E-state index contributed by atoms with van der Waals surface area (Å²) in [6.07, 6.45) is 2.62. The summed E-state index contributed by atoms with van der Waals surface area (Å²) in [5.74, 6) is -3.47. The molecule has 0 atom stereocenters. The van der Waals surface area contributed by atoms with E-state index < -0.39 is 21.5 Å². The number of thioether (sulfide) groups is 1. The largest absolute Gasteiger partial charge is 0.325 e. The number of benzene rings is 2. The maximum Gasteiger partial charge on any atom is 0.288 e. The molecule has 2 aromatic rings. The van der Waals surface area contributed by atoms with Crippen molar-refractivity contribution in [2.75, 3.05) is 11.1 Å². The molecule has 27 heavy (non-hydrogen) atoms. The van der Waals surface area contributed by atoms with Crippen molar-refractivity contribution in [2.45, 2.75) is 41.2 Å². The van der Waals surface area contributed by atoms with Crippen LogP contribution in [-0.2, 0) is 27.5 Å². The van der Waals surface area contributed by atoms with Gasteiger partial charge in [0.05, 0.1) is 16.3 Å². The summed E-state index contributed by atoms with van der Waals surface area (Å²) in [6, 6.07) is 11.3. The van der Waals surface area contributed by atoms with Crippen molar-refractivity contribution in [3.8, 4) is 0 Å². The minimum absolute atomic E-state index is 0.226. The van der Waals surface area contributed by atoms with Gasteiger partial charge in [0.15, 0.2) is 9.84 Å². The number of para-hydroxylation sites is 1. The molecule has 0 saturated heterocycles. The monoisotopic (exact) mass is 411 g/mol. The molecule has 8 heteroatoms. The molecule has 0 aliphatic heterocycles. The third kappa shape index (κ3) is 5.07. The number of amides is 1. The third-order valence-corrected chi connectivity index (χ3v) is 6.91. The first kappa shape index (κ1) is 19.8. The van der Waals surface area contributed by atoms with Crippen LogP contribution < -0.4 is 5.32 Å². The number of carbonyl (C=O) groups is 1. The number of halogens is 2. The molecule has 1 amide bonds. The first-order valence-electron chi connectivity index (χ1n) is 8.53. The Morgan fingerprint density at radius 2 is 1.85 bits per heavy atom. The summed E-state index contributed by atoms with van der Waals surface area (Å²) in [5, 5.41) is 2.52. The van der Waals surface area contributed by atoms with Crippen LogP contribution in [-0.4, -0.2) is 25.8 Å². The zero-order valence-electron chi connectivity index (χ0n) is 14.5. The quantitative estimate of drug-likeness (QED) is 0.691. The summed E-state index contributed by atoms with van der Waals surface area (Å²) in [4.78, 5) is 12.6. The van der Waals surface area contributed by atoms with E-state index in [2.05, 4.69) is 5.32 Å². The van der Waals surface area contributed by atoms with Gasteiger partial charge in [-0.3, -0.25) is 4.79 Å². The number of sulfone groups is 1. The molecular formula is C19H19F2NO3S2. The Labute approximate surface area is 161 Å². The van der Waals surface area contributed by atoms with Crippen molar-refractivity contribution in [3.05, 3.63) is 53.6 Å². The van der Waals surface area contributed by atoms with Gasteiger partial charge in [-0.2, -0.15) is 8.78 Å². The highest BCUT2D eigenvalue weighted by molar-refractivity contribution is 7.99. The maximum absolute atomic E-state index is 12.6. The van der Waals surface area contributed by atoms with Gasteiger partial charge in [-0.1, -0.05) is 30.0 Å². The number of hydrogen-bond donors (Lipinski definition) is 1. The van der Waals surface area contributed by atoms with E-state index in [0.717, 1.165) is 24.8 Å². The summed E-state index contributed by atoms with van der Waals surface area (Å²) in [6.45, 7) is 0. The van der Waals surface area contributed by atoms with Crippen molar-refractivity contribution < 1.29 is 22.0 Å². The first-order chi connectivity index (χ1) is 12.8. The molecule has 0 saturated carbocycles. The molecule has 3 rings (SSSR count). The van der Waals surface area contributed by atoms with Crippen molar-refractivity contribution in [2.24, 2.45) is 0 Å². The zero-order valence-corrected chi connectivity index (χ0v) is 16.1. The highest BCUT2D eigenvalue weighted by atomic mass is 32.2. The van der Waals surface area contributed by atoms with E-state index in [0.29, 0.717) is 11.8 Å². The number of hydrogen-bond acceptors (Lipinski definition) is 4. The lowest BCUT2D eigenvalue weighted by atomic mass is 10.1. The van der Waals surface area contributed by atoms with Gasteiger partial charge in [-0.25, -0.2) is 8.42 Å². The predicted molar refractivity (Wildman–Crippen MR) is 102 cm³/mol. The van der Waals surface area contributed by atoms with E-state index in [1.165, 1.54) is 17.7 Å². The summed E-state index contributed by atoms with van der Waals surface area (Å²) < 4.78 is 50.2. The van der Waals surface area contributed by atoms with Gasteiger partial charge in [-0.05, 0) is 54.7 Å². The Morgan fingerprint density at radius 1 is 1.11 bits per heavy atom. The molecule has 144 valence electrons. The number of nitrogens with one attached hydrogen (secondary N) is 1. The summed E-state index contributed by atoms with van der Waals surface area (Å²) in [5.41, 5.74) is 2.49. The van der Waals surface area contributed by atoms with Crippen LogP contribution in [0.5, 0.6) is 0 Å².